The summed E-state index contributed by atoms with van der Waals surface area (Å²) in [5.74, 6) is 0. The molecule has 1 heterocycles. The third-order valence-electron chi connectivity index (χ3n) is 3.34. The van der Waals surface area contributed by atoms with E-state index in [1.54, 1.807) is 0 Å². The summed E-state index contributed by atoms with van der Waals surface area (Å²) < 4.78 is 1.91. The predicted molar refractivity (Wildman–Crippen MR) is 83.6 cm³/mol. The van der Waals surface area contributed by atoms with Gasteiger partial charge in [-0.3, -0.25) is 4.68 Å². The second-order valence-electron chi connectivity index (χ2n) is 6.52. The third kappa shape index (κ3) is 3.70. The molecule has 0 radical (unpaired) electrons. The van der Waals surface area contributed by atoms with Gasteiger partial charge in [-0.25, -0.2) is 0 Å². The highest BCUT2D eigenvalue weighted by Crippen LogP contribution is 2.24. The van der Waals surface area contributed by atoms with Crippen molar-refractivity contribution in [3.8, 4) is 0 Å². The summed E-state index contributed by atoms with van der Waals surface area (Å²) in [6.07, 6.45) is 2.11. The van der Waals surface area contributed by atoms with Crippen molar-refractivity contribution in [3.63, 3.8) is 0 Å². The Kier molecular flexibility index (Phi) is 4.29. The second kappa shape index (κ2) is 5.80. The molecule has 1 aromatic heterocycles. The molecule has 1 N–H and O–H groups in total. The lowest BCUT2D eigenvalue weighted by atomic mass is 9.89. The van der Waals surface area contributed by atoms with Crippen molar-refractivity contribution in [2.24, 2.45) is 7.05 Å². The van der Waals surface area contributed by atoms with Gasteiger partial charge in [0.25, 0.3) is 0 Å². The Hall–Kier alpha value is -1.61. The highest BCUT2D eigenvalue weighted by atomic mass is 15.3. The zero-order chi connectivity index (χ0) is 14.8. The van der Waals surface area contributed by atoms with Gasteiger partial charge in [0.1, 0.15) is 0 Å². The van der Waals surface area contributed by atoms with Gasteiger partial charge in [0, 0.05) is 37.3 Å². The van der Waals surface area contributed by atoms with Crippen LogP contribution in [-0.2, 0) is 25.6 Å². The normalized spacial score (nSPS) is 11.8. The molecule has 0 unspecified atom stereocenters. The van der Waals surface area contributed by atoms with E-state index >= 15 is 0 Å². The van der Waals surface area contributed by atoms with Gasteiger partial charge in [-0.2, -0.15) is 5.10 Å². The number of nitrogens with one attached hydrogen (secondary N) is 1. The van der Waals surface area contributed by atoms with Crippen molar-refractivity contribution < 1.29 is 0 Å². The quantitative estimate of drug-likeness (QED) is 0.924. The van der Waals surface area contributed by atoms with Crippen LogP contribution in [0, 0.1) is 6.92 Å². The van der Waals surface area contributed by atoms with Crippen LogP contribution in [0.1, 0.15) is 43.2 Å². The van der Waals surface area contributed by atoms with Crippen molar-refractivity contribution in [1.29, 1.82) is 0 Å². The van der Waals surface area contributed by atoms with Crippen LogP contribution in [0.5, 0.6) is 0 Å². The zero-order valence-corrected chi connectivity index (χ0v) is 13.2. The van der Waals surface area contributed by atoms with E-state index in [0.29, 0.717) is 0 Å². The standard InChI is InChI=1S/C17H25N3/c1-13-7-6-8-14(9-13)10-18-11-15-12-20(5)19-16(15)17(2,3)4/h6-9,12,18H,10-11H2,1-5H3. The van der Waals surface area contributed by atoms with Gasteiger partial charge in [-0.05, 0) is 12.5 Å². The molecule has 0 fully saturated rings. The maximum Gasteiger partial charge on any atom is 0.0722 e. The Bertz CT molecular complexity index is 576. The topological polar surface area (TPSA) is 29.9 Å². The molecule has 0 bridgehead atoms. The summed E-state index contributed by atoms with van der Waals surface area (Å²) in [7, 11) is 1.99. The van der Waals surface area contributed by atoms with Crippen molar-refractivity contribution in [2.45, 2.75) is 46.2 Å². The first-order valence-electron chi connectivity index (χ1n) is 7.15. The van der Waals surface area contributed by atoms with E-state index in [1.165, 1.54) is 22.4 Å². The summed E-state index contributed by atoms with van der Waals surface area (Å²) in [4.78, 5) is 0. The lowest BCUT2D eigenvalue weighted by Crippen LogP contribution is -2.19. The van der Waals surface area contributed by atoms with Gasteiger partial charge < -0.3 is 5.32 Å². The van der Waals surface area contributed by atoms with Gasteiger partial charge in [0.05, 0.1) is 5.69 Å². The minimum Gasteiger partial charge on any atom is -0.308 e. The van der Waals surface area contributed by atoms with Crippen LogP contribution in [0.15, 0.2) is 30.5 Å². The average Bonchev–Trinajstić information content (AvgIpc) is 2.70. The van der Waals surface area contributed by atoms with Crippen LogP contribution in [-0.4, -0.2) is 9.78 Å². The number of hydrogen-bond acceptors (Lipinski definition) is 2. The van der Waals surface area contributed by atoms with Gasteiger partial charge in [0.2, 0.25) is 0 Å². The predicted octanol–water partition coefficient (Wildman–Crippen LogP) is 3.32. The van der Waals surface area contributed by atoms with E-state index in [1.807, 2.05) is 11.7 Å². The molecular formula is C17H25N3. The van der Waals surface area contributed by atoms with E-state index < -0.39 is 0 Å². The van der Waals surface area contributed by atoms with Gasteiger partial charge in [-0.15, -0.1) is 0 Å². The van der Waals surface area contributed by atoms with E-state index in [4.69, 9.17) is 0 Å². The second-order valence-corrected chi connectivity index (χ2v) is 6.52. The van der Waals surface area contributed by atoms with Crippen molar-refractivity contribution >= 4 is 0 Å². The first-order valence-corrected chi connectivity index (χ1v) is 7.15. The van der Waals surface area contributed by atoms with Crippen molar-refractivity contribution in [2.75, 3.05) is 0 Å². The third-order valence-corrected chi connectivity index (χ3v) is 3.34. The highest BCUT2D eigenvalue weighted by Gasteiger charge is 2.21. The first kappa shape index (κ1) is 14.8. The summed E-state index contributed by atoms with van der Waals surface area (Å²) in [5, 5.41) is 8.12. The van der Waals surface area contributed by atoms with E-state index in [-0.39, 0.29) is 5.41 Å². The molecule has 0 amide bonds. The molecule has 2 rings (SSSR count). The Morgan fingerprint density at radius 1 is 1.20 bits per heavy atom. The number of benzene rings is 1. The molecule has 0 aliphatic carbocycles. The summed E-state index contributed by atoms with van der Waals surface area (Å²) in [5.41, 5.74) is 5.18. The lowest BCUT2D eigenvalue weighted by molar-refractivity contribution is 0.543. The zero-order valence-electron chi connectivity index (χ0n) is 13.2. The molecule has 2 aromatic rings. The fourth-order valence-corrected chi connectivity index (χ4v) is 2.46. The maximum atomic E-state index is 4.60. The highest BCUT2D eigenvalue weighted by molar-refractivity contribution is 5.25. The number of aryl methyl sites for hydroxylation is 2. The summed E-state index contributed by atoms with van der Waals surface area (Å²) in [6, 6.07) is 8.62. The Morgan fingerprint density at radius 3 is 2.60 bits per heavy atom. The monoisotopic (exact) mass is 271 g/mol. The van der Waals surface area contributed by atoms with Gasteiger partial charge in [-0.1, -0.05) is 50.6 Å². The minimum atomic E-state index is 0.0849. The minimum absolute atomic E-state index is 0.0849. The molecule has 20 heavy (non-hydrogen) atoms. The van der Waals surface area contributed by atoms with Crippen LogP contribution >= 0.6 is 0 Å². The average molecular weight is 271 g/mol. The number of hydrogen-bond donors (Lipinski definition) is 1. The van der Waals surface area contributed by atoms with Gasteiger partial charge in [0.15, 0.2) is 0 Å². The fraction of sp³-hybridized carbons (Fsp3) is 0.471. The van der Waals surface area contributed by atoms with Gasteiger partial charge >= 0.3 is 0 Å². The summed E-state index contributed by atoms with van der Waals surface area (Å²) in [6.45, 7) is 10.5. The molecule has 3 heteroatoms. The van der Waals surface area contributed by atoms with E-state index in [2.05, 4.69) is 68.6 Å². The molecule has 0 spiro atoms. The molecule has 1 aromatic carbocycles. The van der Waals surface area contributed by atoms with Crippen LogP contribution in [0.25, 0.3) is 0 Å². The Morgan fingerprint density at radius 2 is 1.95 bits per heavy atom. The Labute approximate surface area is 122 Å². The molecular weight excluding hydrogens is 246 g/mol. The van der Waals surface area contributed by atoms with Crippen LogP contribution < -0.4 is 5.32 Å². The molecule has 0 saturated carbocycles. The lowest BCUT2D eigenvalue weighted by Gasteiger charge is -2.17. The van der Waals surface area contributed by atoms with Crippen LogP contribution in [0.2, 0.25) is 0 Å². The molecule has 0 atom stereocenters. The smallest absolute Gasteiger partial charge is 0.0722 e. The molecule has 108 valence electrons. The van der Waals surface area contributed by atoms with Crippen LogP contribution in [0.4, 0.5) is 0 Å². The maximum absolute atomic E-state index is 4.60. The largest absolute Gasteiger partial charge is 0.308 e. The molecule has 0 aliphatic rings. The number of nitrogens with zero attached hydrogens (tertiary/aromatic N) is 2. The van der Waals surface area contributed by atoms with Crippen molar-refractivity contribution in [1.82, 2.24) is 15.1 Å². The molecule has 0 aliphatic heterocycles. The number of aromatic nitrogens is 2. The fourth-order valence-electron chi connectivity index (χ4n) is 2.46. The molecule has 0 saturated heterocycles. The summed E-state index contributed by atoms with van der Waals surface area (Å²) >= 11 is 0. The number of rotatable bonds is 4. The molecule has 3 nitrogen and oxygen atoms in total. The van der Waals surface area contributed by atoms with Crippen molar-refractivity contribution in [3.05, 3.63) is 52.8 Å². The SMILES string of the molecule is Cc1cccc(CNCc2cn(C)nc2C(C)(C)C)c1. The first-order chi connectivity index (χ1) is 9.36. The van der Waals surface area contributed by atoms with Crippen LogP contribution in [0.3, 0.4) is 0 Å². The van der Waals surface area contributed by atoms with E-state index in [0.717, 1.165) is 13.1 Å². The van der Waals surface area contributed by atoms with E-state index in [9.17, 15) is 0 Å². The Balaban J connectivity index is 2.01.